The summed E-state index contributed by atoms with van der Waals surface area (Å²) in [5.41, 5.74) is 0.775. The van der Waals surface area contributed by atoms with Crippen molar-refractivity contribution in [3.8, 4) is 0 Å². The standard InChI is InChI=1S/C18H25NO/c1-18(2,15-19-13-7-4-8-14-19)17(20)12-11-16-9-5-3-6-10-16/h3,5-6,9-12H,4,7-8,13-15H2,1-2H3/b12-11-. The number of hydrogen-bond donors (Lipinski definition) is 0. The fourth-order valence-corrected chi connectivity index (χ4v) is 2.72. The van der Waals surface area contributed by atoms with Crippen LogP contribution < -0.4 is 0 Å². The summed E-state index contributed by atoms with van der Waals surface area (Å²) in [6, 6.07) is 9.99. The summed E-state index contributed by atoms with van der Waals surface area (Å²) in [6.07, 6.45) is 7.52. The molecule has 0 aliphatic carbocycles. The highest BCUT2D eigenvalue weighted by Crippen LogP contribution is 2.22. The zero-order chi connectivity index (χ0) is 14.4. The molecule has 20 heavy (non-hydrogen) atoms. The molecule has 0 amide bonds. The quantitative estimate of drug-likeness (QED) is 0.760. The zero-order valence-corrected chi connectivity index (χ0v) is 12.6. The van der Waals surface area contributed by atoms with Crippen molar-refractivity contribution in [2.75, 3.05) is 19.6 Å². The van der Waals surface area contributed by atoms with Crippen LogP contribution in [-0.2, 0) is 4.79 Å². The molecule has 1 aromatic carbocycles. The number of likely N-dealkylation sites (tertiary alicyclic amines) is 1. The summed E-state index contributed by atoms with van der Waals surface area (Å²) in [5, 5.41) is 0. The molecule has 108 valence electrons. The Hall–Kier alpha value is -1.41. The second-order valence-corrected chi connectivity index (χ2v) is 6.33. The molecule has 0 aromatic heterocycles. The molecule has 0 bridgehead atoms. The molecule has 0 radical (unpaired) electrons. The van der Waals surface area contributed by atoms with Crippen molar-refractivity contribution in [3.63, 3.8) is 0 Å². The molecule has 0 unspecified atom stereocenters. The second-order valence-electron chi connectivity index (χ2n) is 6.33. The third-order valence-electron chi connectivity index (χ3n) is 3.96. The lowest BCUT2D eigenvalue weighted by Gasteiger charge is -2.33. The number of hydrogen-bond acceptors (Lipinski definition) is 2. The van der Waals surface area contributed by atoms with Gasteiger partial charge in [-0.3, -0.25) is 4.79 Å². The van der Waals surface area contributed by atoms with Gasteiger partial charge in [-0.2, -0.15) is 0 Å². The van der Waals surface area contributed by atoms with Gasteiger partial charge in [0.25, 0.3) is 0 Å². The molecule has 1 aliphatic rings. The van der Waals surface area contributed by atoms with Gasteiger partial charge in [0.05, 0.1) is 0 Å². The number of carbonyl (C=O) groups is 1. The lowest BCUT2D eigenvalue weighted by atomic mass is 9.86. The van der Waals surface area contributed by atoms with Gasteiger partial charge in [0.1, 0.15) is 0 Å². The first kappa shape index (κ1) is 15.0. The first-order chi connectivity index (χ1) is 9.58. The Labute approximate surface area is 122 Å². The molecular formula is C18H25NO. The minimum absolute atomic E-state index is 0.215. The monoisotopic (exact) mass is 271 g/mol. The maximum Gasteiger partial charge on any atom is 0.162 e. The van der Waals surface area contributed by atoms with Crippen LogP contribution in [0.4, 0.5) is 0 Å². The minimum atomic E-state index is -0.303. The molecule has 2 rings (SSSR count). The number of piperidine rings is 1. The van der Waals surface area contributed by atoms with E-state index in [2.05, 4.69) is 18.7 Å². The Bertz CT molecular complexity index is 456. The van der Waals surface area contributed by atoms with E-state index in [1.807, 2.05) is 36.4 Å². The molecule has 1 aromatic rings. The van der Waals surface area contributed by atoms with Crippen LogP contribution in [0.5, 0.6) is 0 Å². The predicted molar refractivity (Wildman–Crippen MR) is 84.6 cm³/mol. The Kier molecular flexibility index (Phi) is 5.13. The van der Waals surface area contributed by atoms with Gasteiger partial charge in [-0.05, 0) is 37.6 Å². The van der Waals surface area contributed by atoms with Gasteiger partial charge in [0, 0.05) is 12.0 Å². The molecule has 1 fully saturated rings. The van der Waals surface area contributed by atoms with E-state index in [9.17, 15) is 4.79 Å². The third kappa shape index (κ3) is 4.31. The summed E-state index contributed by atoms with van der Waals surface area (Å²) in [5.74, 6) is 0.215. The van der Waals surface area contributed by atoms with Crippen LogP contribution in [0.25, 0.3) is 6.08 Å². The minimum Gasteiger partial charge on any atom is -0.302 e. The fourth-order valence-electron chi connectivity index (χ4n) is 2.72. The van der Waals surface area contributed by atoms with E-state index in [1.165, 1.54) is 19.3 Å². The Balaban J connectivity index is 1.94. The number of allylic oxidation sites excluding steroid dienone is 1. The van der Waals surface area contributed by atoms with Crippen LogP contribution in [0.15, 0.2) is 36.4 Å². The Morgan fingerprint density at radius 1 is 1.15 bits per heavy atom. The summed E-state index contributed by atoms with van der Waals surface area (Å²) in [6.45, 7) is 7.25. The number of benzene rings is 1. The number of rotatable bonds is 5. The molecule has 1 aliphatic heterocycles. The van der Waals surface area contributed by atoms with Crippen molar-refractivity contribution in [3.05, 3.63) is 42.0 Å². The van der Waals surface area contributed by atoms with Gasteiger partial charge in [-0.1, -0.05) is 56.7 Å². The average Bonchev–Trinajstić information content (AvgIpc) is 2.46. The predicted octanol–water partition coefficient (Wildman–Crippen LogP) is 3.78. The first-order valence-corrected chi connectivity index (χ1v) is 7.58. The fraction of sp³-hybridized carbons (Fsp3) is 0.500. The molecular weight excluding hydrogens is 246 g/mol. The lowest BCUT2D eigenvalue weighted by molar-refractivity contribution is -0.123. The first-order valence-electron chi connectivity index (χ1n) is 7.58. The van der Waals surface area contributed by atoms with Crippen molar-refractivity contribution < 1.29 is 4.79 Å². The zero-order valence-electron chi connectivity index (χ0n) is 12.6. The van der Waals surface area contributed by atoms with E-state index in [-0.39, 0.29) is 11.2 Å². The van der Waals surface area contributed by atoms with Crippen LogP contribution in [0.3, 0.4) is 0 Å². The van der Waals surface area contributed by atoms with Crippen LogP contribution in [0, 0.1) is 5.41 Å². The molecule has 0 saturated carbocycles. The maximum atomic E-state index is 12.4. The molecule has 0 spiro atoms. The molecule has 1 saturated heterocycles. The van der Waals surface area contributed by atoms with Gasteiger partial charge in [-0.15, -0.1) is 0 Å². The van der Waals surface area contributed by atoms with Gasteiger partial charge in [0.15, 0.2) is 5.78 Å². The smallest absolute Gasteiger partial charge is 0.162 e. The Morgan fingerprint density at radius 2 is 1.80 bits per heavy atom. The number of nitrogens with zero attached hydrogens (tertiary/aromatic N) is 1. The van der Waals surface area contributed by atoms with Crippen molar-refractivity contribution in [2.45, 2.75) is 33.1 Å². The summed E-state index contributed by atoms with van der Waals surface area (Å²) in [4.78, 5) is 14.8. The molecule has 1 heterocycles. The highest BCUT2D eigenvalue weighted by atomic mass is 16.1. The summed E-state index contributed by atoms with van der Waals surface area (Å²) < 4.78 is 0. The van der Waals surface area contributed by atoms with Crippen molar-refractivity contribution in [1.29, 1.82) is 0 Å². The van der Waals surface area contributed by atoms with Crippen LogP contribution in [-0.4, -0.2) is 30.3 Å². The molecule has 2 nitrogen and oxygen atoms in total. The second kappa shape index (κ2) is 6.85. The third-order valence-corrected chi connectivity index (χ3v) is 3.96. The maximum absolute atomic E-state index is 12.4. The van der Waals surface area contributed by atoms with E-state index in [0.29, 0.717) is 0 Å². The molecule has 0 N–H and O–H groups in total. The largest absolute Gasteiger partial charge is 0.302 e. The normalized spacial score (nSPS) is 17.5. The highest BCUT2D eigenvalue weighted by molar-refractivity contribution is 5.97. The Morgan fingerprint density at radius 3 is 2.45 bits per heavy atom. The highest BCUT2D eigenvalue weighted by Gasteiger charge is 2.28. The van der Waals surface area contributed by atoms with Crippen LogP contribution in [0.1, 0.15) is 38.7 Å². The van der Waals surface area contributed by atoms with Crippen LogP contribution in [0.2, 0.25) is 0 Å². The van der Waals surface area contributed by atoms with E-state index >= 15 is 0 Å². The lowest BCUT2D eigenvalue weighted by Crippen LogP contribution is -2.41. The number of carbonyl (C=O) groups excluding carboxylic acids is 1. The van der Waals surface area contributed by atoms with Gasteiger partial charge < -0.3 is 4.90 Å². The van der Waals surface area contributed by atoms with E-state index in [4.69, 9.17) is 0 Å². The van der Waals surface area contributed by atoms with E-state index < -0.39 is 0 Å². The number of ketones is 1. The summed E-state index contributed by atoms with van der Waals surface area (Å²) in [7, 11) is 0. The van der Waals surface area contributed by atoms with Crippen molar-refractivity contribution in [2.24, 2.45) is 5.41 Å². The van der Waals surface area contributed by atoms with Gasteiger partial charge in [0.2, 0.25) is 0 Å². The van der Waals surface area contributed by atoms with Gasteiger partial charge in [-0.25, -0.2) is 0 Å². The topological polar surface area (TPSA) is 20.3 Å². The van der Waals surface area contributed by atoms with Gasteiger partial charge >= 0.3 is 0 Å². The van der Waals surface area contributed by atoms with E-state index in [1.54, 1.807) is 6.08 Å². The van der Waals surface area contributed by atoms with Crippen molar-refractivity contribution in [1.82, 2.24) is 4.90 Å². The average molecular weight is 271 g/mol. The SMILES string of the molecule is CC(C)(CN1CCCCC1)C(=O)/C=C\c1ccccc1. The molecule has 2 heteroatoms. The summed E-state index contributed by atoms with van der Waals surface area (Å²) >= 11 is 0. The van der Waals surface area contributed by atoms with E-state index in [0.717, 1.165) is 25.2 Å². The van der Waals surface area contributed by atoms with Crippen molar-refractivity contribution >= 4 is 11.9 Å². The van der Waals surface area contributed by atoms with Crippen LogP contribution >= 0.6 is 0 Å². The molecule has 0 atom stereocenters.